The average Bonchev–Trinajstić information content (AvgIpc) is 2.65. The quantitative estimate of drug-likeness (QED) is 0.749. The van der Waals surface area contributed by atoms with E-state index < -0.39 is 0 Å². The van der Waals surface area contributed by atoms with E-state index in [0.29, 0.717) is 11.9 Å². The number of piperidine rings is 1. The highest BCUT2D eigenvalue weighted by molar-refractivity contribution is 5.08. The third-order valence-electron chi connectivity index (χ3n) is 4.71. The van der Waals surface area contributed by atoms with Crippen LogP contribution in [0.3, 0.4) is 0 Å². The third kappa shape index (κ3) is 5.44. The first-order valence-corrected chi connectivity index (χ1v) is 9.14. The summed E-state index contributed by atoms with van der Waals surface area (Å²) in [6, 6.07) is 0.421. The maximum absolute atomic E-state index is 5.01. The fourth-order valence-electron chi connectivity index (χ4n) is 3.33. The number of rotatable bonds is 7. The van der Waals surface area contributed by atoms with Crippen LogP contribution in [0.15, 0.2) is 24.8 Å². The van der Waals surface area contributed by atoms with Crippen molar-refractivity contribution in [1.82, 2.24) is 29.7 Å². The van der Waals surface area contributed by atoms with Crippen molar-refractivity contribution in [3.8, 4) is 6.01 Å². The van der Waals surface area contributed by atoms with Gasteiger partial charge in [-0.25, -0.2) is 9.97 Å². The molecule has 0 bridgehead atoms. The van der Waals surface area contributed by atoms with E-state index in [1.54, 1.807) is 7.11 Å². The Labute approximate surface area is 155 Å². The fraction of sp³-hybridized carbons (Fsp3) is 0.579. The highest BCUT2D eigenvalue weighted by Crippen LogP contribution is 2.22. The van der Waals surface area contributed by atoms with Gasteiger partial charge in [0.15, 0.2) is 0 Å². The van der Waals surface area contributed by atoms with Crippen LogP contribution in [0.1, 0.15) is 29.8 Å². The second kappa shape index (κ2) is 9.00. The van der Waals surface area contributed by atoms with Gasteiger partial charge in [0, 0.05) is 37.2 Å². The van der Waals surface area contributed by atoms with Gasteiger partial charge in [0.25, 0.3) is 0 Å². The summed E-state index contributed by atoms with van der Waals surface area (Å²) in [5.74, 6) is 0.687. The van der Waals surface area contributed by atoms with Crippen molar-refractivity contribution in [2.24, 2.45) is 5.92 Å². The number of methoxy groups -OCH3 is 1. The van der Waals surface area contributed by atoms with Gasteiger partial charge in [0.2, 0.25) is 0 Å². The molecule has 0 aliphatic carbocycles. The zero-order chi connectivity index (χ0) is 18.4. The molecule has 7 heteroatoms. The van der Waals surface area contributed by atoms with E-state index in [1.165, 1.54) is 12.8 Å². The molecule has 0 N–H and O–H groups in total. The van der Waals surface area contributed by atoms with Crippen LogP contribution in [0, 0.1) is 5.92 Å². The first-order chi connectivity index (χ1) is 12.6. The van der Waals surface area contributed by atoms with Gasteiger partial charge >= 0.3 is 6.01 Å². The van der Waals surface area contributed by atoms with E-state index in [-0.39, 0.29) is 0 Å². The predicted molar refractivity (Wildman–Crippen MR) is 99.7 cm³/mol. The van der Waals surface area contributed by atoms with Gasteiger partial charge in [-0.15, -0.1) is 0 Å². The second-order valence-electron chi connectivity index (χ2n) is 7.24. The minimum Gasteiger partial charge on any atom is -0.467 e. The number of likely N-dealkylation sites (tertiary alicyclic amines) is 1. The van der Waals surface area contributed by atoms with Crippen LogP contribution >= 0.6 is 0 Å². The number of aromatic nitrogens is 4. The molecule has 0 aromatic carbocycles. The first-order valence-electron chi connectivity index (χ1n) is 9.14. The molecule has 7 nitrogen and oxygen atoms in total. The summed E-state index contributed by atoms with van der Waals surface area (Å²) in [6.45, 7) is 3.93. The topological polar surface area (TPSA) is 67.3 Å². The predicted octanol–water partition coefficient (Wildman–Crippen LogP) is 1.79. The minimum atomic E-state index is 0.421. The molecule has 0 spiro atoms. The summed E-state index contributed by atoms with van der Waals surface area (Å²) < 4.78 is 5.01. The monoisotopic (exact) mass is 356 g/mol. The Kier molecular flexibility index (Phi) is 6.46. The van der Waals surface area contributed by atoms with Crippen molar-refractivity contribution >= 4 is 0 Å². The maximum Gasteiger partial charge on any atom is 0.316 e. The molecule has 1 aliphatic rings. The average molecular weight is 356 g/mol. The molecule has 1 aliphatic heterocycles. The molecule has 3 rings (SSSR count). The normalized spacial score (nSPS) is 16.2. The number of nitrogens with zero attached hydrogens (tertiary/aromatic N) is 6. The van der Waals surface area contributed by atoms with Crippen LogP contribution in [-0.2, 0) is 19.5 Å². The molecule has 26 heavy (non-hydrogen) atoms. The molecular formula is C19H28N6O. The zero-order valence-electron chi connectivity index (χ0n) is 15.9. The van der Waals surface area contributed by atoms with Crippen LogP contribution in [0.4, 0.5) is 0 Å². The Bertz CT molecular complexity index is 665. The van der Waals surface area contributed by atoms with Gasteiger partial charge in [-0.05, 0) is 52.4 Å². The molecule has 0 amide bonds. The van der Waals surface area contributed by atoms with Crippen LogP contribution in [0.5, 0.6) is 6.01 Å². The van der Waals surface area contributed by atoms with Crippen molar-refractivity contribution in [2.75, 3.05) is 34.3 Å². The second-order valence-corrected chi connectivity index (χ2v) is 7.24. The first kappa shape index (κ1) is 18.7. The SMILES string of the molecule is COc1ncc(CN2CCC(Cc3cnc(CN(C)C)cn3)CC2)cn1. The van der Waals surface area contributed by atoms with Crippen molar-refractivity contribution < 1.29 is 4.74 Å². The molecule has 0 saturated carbocycles. The molecule has 2 aromatic rings. The van der Waals surface area contributed by atoms with Crippen LogP contribution in [0.25, 0.3) is 0 Å². The van der Waals surface area contributed by atoms with E-state index in [0.717, 1.165) is 49.6 Å². The van der Waals surface area contributed by atoms with Crippen molar-refractivity contribution in [1.29, 1.82) is 0 Å². The van der Waals surface area contributed by atoms with E-state index in [4.69, 9.17) is 4.74 Å². The van der Waals surface area contributed by atoms with Gasteiger partial charge in [-0.2, -0.15) is 0 Å². The molecule has 2 aromatic heterocycles. The standard InChI is InChI=1S/C19H28N6O/c1-24(2)14-18-12-20-17(11-21-18)8-15-4-6-25(7-5-15)13-16-9-22-19(26-3)23-10-16/h9-12,15H,4-8,13-14H2,1-3H3. The van der Waals surface area contributed by atoms with E-state index in [1.807, 2.05) is 38.9 Å². The minimum absolute atomic E-state index is 0.421. The van der Waals surface area contributed by atoms with Crippen LogP contribution in [-0.4, -0.2) is 64.0 Å². The van der Waals surface area contributed by atoms with Gasteiger partial charge in [-0.1, -0.05) is 0 Å². The van der Waals surface area contributed by atoms with Crippen LogP contribution < -0.4 is 4.74 Å². The van der Waals surface area contributed by atoms with Crippen LogP contribution in [0.2, 0.25) is 0 Å². The lowest BCUT2D eigenvalue weighted by Gasteiger charge is -2.31. The molecule has 3 heterocycles. The smallest absolute Gasteiger partial charge is 0.316 e. The molecule has 140 valence electrons. The molecular weight excluding hydrogens is 328 g/mol. The Balaban J connectivity index is 1.44. The summed E-state index contributed by atoms with van der Waals surface area (Å²) in [7, 11) is 5.67. The number of hydrogen-bond donors (Lipinski definition) is 0. The van der Waals surface area contributed by atoms with E-state index >= 15 is 0 Å². The largest absolute Gasteiger partial charge is 0.467 e. The summed E-state index contributed by atoms with van der Waals surface area (Å²) in [5.41, 5.74) is 3.26. The molecule has 1 fully saturated rings. The molecule has 1 saturated heterocycles. The van der Waals surface area contributed by atoms with Crippen molar-refractivity contribution in [3.63, 3.8) is 0 Å². The van der Waals surface area contributed by atoms with Gasteiger partial charge in [0.05, 0.1) is 24.7 Å². The lowest BCUT2D eigenvalue weighted by molar-refractivity contribution is 0.176. The summed E-state index contributed by atoms with van der Waals surface area (Å²) in [4.78, 5) is 22.1. The number of ether oxygens (including phenoxy) is 1. The fourth-order valence-corrected chi connectivity index (χ4v) is 3.33. The summed E-state index contributed by atoms with van der Waals surface area (Å²) in [6.07, 6.45) is 11.0. The highest BCUT2D eigenvalue weighted by atomic mass is 16.5. The zero-order valence-corrected chi connectivity index (χ0v) is 15.9. The van der Waals surface area contributed by atoms with E-state index in [2.05, 4.69) is 29.7 Å². The molecule has 0 unspecified atom stereocenters. The Morgan fingerprint density at radius 3 is 2.23 bits per heavy atom. The van der Waals surface area contributed by atoms with Gasteiger partial charge in [-0.3, -0.25) is 14.9 Å². The molecule has 0 radical (unpaired) electrons. The van der Waals surface area contributed by atoms with Gasteiger partial charge in [0.1, 0.15) is 0 Å². The Hall–Kier alpha value is -2.12. The van der Waals surface area contributed by atoms with Crippen molar-refractivity contribution in [2.45, 2.75) is 32.4 Å². The van der Waals surface area contributed by atoms with Crippen molar-refractivity contribution in [3.05, 3.63) is 41.7 Å². The number of hydrogen-bond acceptors (Lipinski definition) is 7. The summed E-state index contributed by atoms with van der Waals surface area (Å²) >= 11 is 0. The van der Waals surface area contributed by atoms with Gasteiger partial charge < -0.3 is 9.64 Å². The lowest BCUT2D eigenvalue weighted by atomic mass is 9.92. The Morgan fingerprint density at radius 2 is 1.65 bits per heavy atom. The van der Waals surface area contributed by atoms with E-state index in [9.17, 15) is 0 Å². The maximum atomic E-state index is 5.01. The highest BCUT2D eigenvalue weighted by Gasteiger charge is 2.20. The molecule has 0 atom stereocenters. The summed E-state index contributed by atoms with van der Waals surface area (Å²) in [5, 5.41) is 0. The third-order valence-corrected chi connectivity index (χ3v) is 4.71. The lowest BCUT2D eigenvalue weighted by Crippen LogP contribution is -2.34. The Morgan fingerprint density at radius 1 is 1.00 bits per heavy atom.